The third-order valence-electron chi connectivity index (χ3n) is 6.15. The van der Waals surface area contributed by atoms with Crippen molar-refractivity contribution in [2.45, 2.75) is 56.8 Å². The first-order chi connectivity index (χ1) is 12.2. The van der Waals surface area contributed by atoms with Gasteiger partial charge >= 0.3 is 6.18 Å². The van der Waals surface area contributed by atoms with E-state index in [0.29, 0.717) is 11.2 Å². The van der Waals surface area contributed by atoms with Crippen LogP contribution in [-0.2, 0) is 12.7 Å². The first kappa shape index (κ1) is 18.0. The molecule has 4 bridgehead atoms. The molecule has 4 aliphatic carbocycles. The van der Waals surface area contributed by atoms with Crippen molar-refractivity contribution in [1.82, 2.24) is 10.6 Å². The molecule has 0 amide bonds. The minimum atomic E-state index is -4.56. The molecule has 0 aliphatic heterocycles. The van der Waals surface area contributed by atoms with Crippen LogP contribution in [0.5, 0.6) is 0 Å². The highest BCUT2D eigenvalue weighted by Gasteiger charge is 2.51. The molecule has 4 aliphatic rings. The van der Waals surface area contributed by atoms with Gasteiger partial charge in [-0.2, -0.15) is 13.2 Å². The molecule has 0 unspecified atom stereocenters. The van der Waals surface area contributed by atoms with Gasteiger partial charge in [0.05, 0.1) is 5.56 Å². The Labute approximate surface area is 155 Å². The predicted molar refractivity (Wildman–Crippen MR) is 94.9 cm³/mol. The van der Waals surface area contributed by atoms with Crippen molar-refractivity contribution in [3.63, 3.8) is 0 Å². The number of rotatable bonds is 3. The van der Waals surface area contributed by atoms with Crippen LogP contribution in [0.15, 0.2) is 18.2 Å². The Bertz CT molecular complexity index is 681. The van der Waals surface area contributed by atoms with Crippen LogP contribution in [0.2, 0.25) is 0 Å². The summed E-state index contributed by atoms with van der Waals surface area (Å²) in [6.07, 6.45) is 2.78. The lowest BCUT2D eigenvalue weighted by Crippen LogP contribution is -2.61. The number of thiocarbonyl (C=S) groups is 1. The molecule has 0 saturated heterocycles. The second-order valence-electron chi connectivity index (χ2n) is 8.35. The third kappa shape index (κ3) is 3.68. The SMILES string of the molecule is Fc1cc(CNC(=S)NC23CC4CC(CC(C4)C2)C3)cc(C(F)(F)F)c1. The fourth-order valence-corrected chi connectivity index (χ4v) is 5.94. The Morgan fingerprint density at radius 2 is 1.62 bits per heavy atom. The number of nitrogens with one attached hydrogen (secondary N) is 2. The Morgan fingerprint density at radius 1 is 1.04 bits per heavy atom. The van der Waals surface area contributed by atoms with Gasteiger partial charge in [-0.05, 0) is 92.3 Å². The van der Waals surface area contributed by atoms with E-state index in [1.807, 2.05) is 0 Å². The van der Waals surface area contributed by atoms with Gasteiger partial charge in [-0.15, -0.1) is 0 Å². The standard InChI is InChI=1S/C19H22F4N2S/c20-16-5-14(4-15(6-16)19(21,22)23)10-24-17(26)25-18-7-11-1-12(8-18)3-13(2-11)9-18/h4-6,11-13H,1-3,7-10H2,(H2,24,25,26). The van der Waals surface area contributed by atoms with E-state index >= 15 is 0 Å². The Kier molecular flexibility index (Phi) is 4.40. The maximum Gasteiger partial charge on any atom is 0.416 e. The molecule has 26 heavy (non-hydrogen) atoms. The predicted octanol–water partition coefficient (Wildman–Crippen LogP) is 4.78. The fraction of sp³-hybridized carbons (Fsp3) is 0.632. The van der Waals surface area contributed by atoms with E-state index in [4.69, 9.17) is 12.2 Å². The minimum absolute atomic E-state index is 0.0396. The maximum atomic E-state index is 13.5. The van der Waals surface area contributed by atoms with E-state index in [2.05, 4.69) is 10.6 Å². The van der Waals surface area contributed by atoms with Crippen molar-refractivity contribution >= 4 is 17.3 Å². The molecule has 0 atom stereocenters. The van der Waals surface area contributed by atoms with Gasteiger partial charge in [0.15, 0.2) is 5.11 Å². The molecule has 7 heteroatoms. The average Bonchev–Trinajstić information content (AvgIpc) is 2.50. The highest BCUT2D eigenvalue weighted by Crippen LogP contribution is 2.55. The van der Waals surface area contributed by atoms with Crippen molar-refractivity contribution < 1.29 is 17.6 Å². The van der Waals surface area contributed by atoms with E-state index in [1.165, 1.54) is 19.3 Å². The summed E-state index contributed by atoms with van der Waals surface area (Å²) >= 11 is 5.39. The molecule has 0 heterocycles. The second kappa shape index (κ2) is 6.36. The molecule has 0 radical (unpaired) electrons. The molecule has 0 aromatic heterocycles. The summed E-state index contributed by atoms with van der Waals surface area (Å²) in [6.45, 7) is 0.0685. The minimum Gasteiger partial charge on any atom is -0.359 e. The molecule has 2 N–H and O–H groups in total. The molecule has 2 nitrogen and oxygen atoms in total. The zero-order valence-corrected chi connectivity index (χ0v) is 15.2. The number of halogens is 4. The van der Waals surface area contributed by atoms with Crippen LogP contribution >= 0.6 is 12.2 Å². The summed E-state index contributed by atoms with van der Waals surface area (Å²) in [7, 11) is 0. The van der Waals surface area contributed by atoms with Crippen LogP contribution in [0.25, 0.3) is 0 Å². The lowest BCUT2D eigenvalue weighted by molar-refractivity contribution is -0.137. The quantitative estimate of drug-likeness (QED) is 0.578. The Morgan fingerprint density at radius 3 is 2.15 bits per heavy atom. The van der Waals surface area contributed by atoms with E-state index in [1.54, 1.807) is 0 Å². The van der Waals surface area contributed by atoms with Crippen LogP contribution in [0.4, 0.5) is 17.6 Å². The van der Waals surface area contributed by atoms with Crippen molar-refractivity contribution in [3.05, 3.63) is 35.1 Å². The summed E-state index contributed by atoms with van der Waals surface area (Å²) in [5.74, 6) is 1.42. The number of hydrogen-bond donors (Lipinski definition) is 2. The molecular weight excluding hydrogens is 364 g/mol. The van der Waals surface area contributed by atoms with Crippen LogP contribution in [-0.4, -0.2) is 10.7 Å². The molecule has 1 aromatic carbocycles. The number of hydrogen-bond acceptors (Lipinski definition) is 1. The van der Waals surface area contributed by atoms with Gasteiger partial charge in [-0.3, -0.25) is 0 Å². The number of benzene rings is 1. The molecule has 4 saturated carbocycles. The van der Waals surface area contributed by atoms with Crippen molar-refractivity contribution in [3.8, 4) is 0 Å². The third-order valence-corrected chi connectivity index (χ3v) is 6.40. The van der Waals surface area contributed by atoms with Gasteiger partial charge in [0.2, 0.25) is 0 Å². The summed E-state index contributed by atoms with van der Waals surface area (Å²) in [4.78, 5) is 0. The van der Waals surface area contributed by atoms with Gasteiger partial charge in [0, 0.05) is 12.1 Å². The molecule has 4 fully saturated rings. The molecular formula is C19H22F4N2S. The Hall–Kier alpha value is -1.37. The molecule has 1 aromatic rings. The molecule has 5 rings (SSSR count). The zero-order valence-electron chi connectivity index (χ0n) is 14.3. The van der Waals surface area contributed by atoms with E-state index in [0.717, 1.165) is 49.1 Å². The van der Waals surface area contributed by atoms with Gasteiger partial charge < -0.3 is 10.6 Å². The van der Waals surface area contributed by atoms with Gasteiger partial charge in [0.25, 0.3) is 0 Å². The lowest BCUT2D eigenvalue weighted by Gasteiger charge is -2.57. The van der Waals surface area contributed by atoms with Crippen molar-refractivity contribution in [2.75, 3.05) is 0 Å². The van der Waals surface area contributed by atoms with Crippen LogP contribution in [0, 0.1) is 23.6 Å². The summed E-state index contributed by atoms with van der Waals surface area (Å²) in [6, 6.07) is 2.58. The lowest BCUT2D eigenvalue weighted by atomic mass is 9.53. The zero-order chi connectivity index (χ0) is 18.5. The van der Waals surface area contributed by atoms with Crippen LogP contribution in [0.3, 0.4) is 0 Å². The Balaban J connectivity index is 1.38. The van der Waals surface area contributed by atoms with E-state index in [-0.39, 0.29) is 17.6 Å². The van der Waals surface area contributed by atoms with E-state index in [9.17, 15) is 17.6 Å². The largest absolute Gasteiger partial charge is 0.416 e. The molecule has 142 valence electrons. The maximum absolute atomic E-state index is 13.5. The second-order valence-corrected chi connectivity index (χ2v) is 8.76. The topological polar surface area (TPSA) is 24.1 Å². The highest BCUT2D eigenvalue weighted by atomic mass is 32.1. The van der Waals surface area contributed by atoms with Crippen molar-refractivity contribution in [1.29, 1.82) is 0 Å². The monoisotopic (exact) mass is 386 g/mol. The number of alkyl halides is 3. The first-order valence-corrected chi connectivity index (χ1v) is 9.54. The molecule has 0 spiro atoms. The van der Waals surface area contributed by atoms with Gasteiger partial charge in [-0.1, -0.05) is 0 Å². The fourth-order valence-electron chi connectivity index (χ4n) is 5.65. The van der Waals surface area contributed by atoms with Crippen molar-refractivity contribution in [2.24, 2.45) is 17.8 Å². The summed E-state index contributed by atoms with van der Waals surface area (Å²) < 4.78 is 51.9. The van der Waals surface area contributed by atoms with Crippen LogP contribution < -0.4 is 10.6 Å². The van der Waals surface area contributed by atoms with Crippen LogP contribution in [0.1, 0.15) is 49.7 Å². The van der Waals surface area contributed by atoms with Gasteiger partial charge in [0.1, 0.15) is 5.82 Å². The summed E-state index contributed by atoms with van der Waals surface area (Å²) in [5, 5.41) is 6.87. The first-order valence-electron chi connectivity index (χ1n) is 9.13. The highest BCUT2D eigenvalue weighted by molar-refractivity contribution is 7.80. The normalized spacial score (nSPS) is 32.5. The average molecular weight is 386 g/mol. The summed E-state index contributed by atoms with van der Waals surface area (Å²) in [5.41, 5.74) is -0.709. The van der Waals surface area contributed by atoms with Gasteiger partial charge in [-0.25, -0.2) is 4.39 Å². The van der Waals surface area contributed by atoms with E-state index < -0.39 is 17.6 Å². The smallest absolute Gasteiger partial charge is 0.359 e.